The molecule has 3 aromatic rings. The fraction of sp³-hybridized carbons (Fsp3) is 0.182. The number of aliphatic hydroxyl groups is 1. The fourth-order valence-electron chi connectivity index (χ4n) is 2.83. The van der Waals surface area contributed by atoms with Crippen LogP contribution in [0.4, 0.5) is 0 Å². The Labute approximate surface area is 157 Å². The molecule has 3 nitrogen and oxygen atoms in total. The van der Waals surface area contributed by atoms with E-state index in [1.54, 1.807) is 0 Å². The molecule has 3 aromatic carbocycles. The lowest BCUT2D eigenvalue weighted by atomic mass is 9.97. The first-order valence-corrected chi connectivity index (χ1v) is 9.81. The summed E-state index contributed by atoms with van der Waals surface area (Å²) in [6.07, 6.45) is -0.199. The summed E-state index contributed by atoms with van der Waals surface area (Å²) in [5.74, 6) is 0. The second-order valence-corrected chi connectivity index (χ2v) is 7.57. The Balaban J connectivity index is 1.79. The standard InChI is InChI=1S/C22H23NO2S/c1-17-12-14-20(15-13-17)26(25)23-21(18-8-4-2-5-9-18)16-22(24)19-10-6-3-7-11-19/h2-15,21-24H,16H2,1H3/t21-,22-,26+/m1/s1. The van der Waals surface area contributed by atoms with Crippen molar-refractivity contribution in [3.05, 3.63) is 102 Å². The lowest BCUT2D eigenvalue weighted by Gasteiger charge is -2.22. The van der Waals surface area contributed by atoms with E-state index in [9.17, 15) is 9.32 Å². The van der Waals surface area contributed by atoms with Crippen LogP contribution in [0.5, 0.6) is 0 Å². The van der Waals surface area contributed by atoms with Crippen molar-refractivity contribution in [2.24, 2.45) is 0 Å². The highest BCUT2D eigenvalue weighted by Crippen LogP contribution is 2.27. The predicted octanol–water partition coefficient (Wildman–Crippen LogP) is 4.47. The van der Waals surface area contributed by atoms with Crippen LogP contribution >= 0.6 is 0 Å². The van der Waals surface area contributed by atoms with Crippen LogP contribution in [0.15, 0.2) is 89.8 Å². The van der Waals surface area contributed by atoms with Gasteiger partial charge in [0.15, 0.2) is 0 Å². The second-order valence-electron chi connectivity index (χ2n) is 6.33. The molecule has 0 saturated carbocycles. The van der Waals surface area contributed by atoms with Gasteiger partial charge in [-0.05, 0) is 36.6 Å². The van der Waals surface area contributed by atoms with Gasteiger partial charge in [-0.15, -0.1) is 0 Å². The Bertz CT molecular complexity index is 835. The first-order chi connectivity index (χ1) is 12.6. The first-order valence-electron chi connectivity index (χ1n) is 8.66. The second kappa shape index (κ2) is 8.90. The zero-order valence-corrected chi connectivity index (χ0v) is 15.5. The van der Waals surface area contributed by atoms with E-state index in [4.69, 9.17) is 0 Å². The van der Waals surface area contributed by atoms with E-state index in [2.05, 4.69) is 4.72 Å². The molecule has 0 fully saturated rings. The highest BCUT2D eigenvalue weighted by atomic mass is 32.2. The molecule has 26 heavy (non-hydrogen) atoms. The average molecular weight is 365 g/mol. The molecule has 3 atom stereocenters. The van der Waals surface area contributed by atoms with Crippen molar-refractivity contribution in [2.75, 3.05) is 0 Å². The Morgan fingerprint density at radius 1 is 0.846 bits per heavy atom. The van der Waals surface area contributed by atoms with E-state index in [1.807, 2.05) is 91.9 Å². The van der Waals surface area contributed by atoms with Gasteiger partial charge in [-0.3, -0.25) is 0 Å². The third-order valence-corrected chi connectivity index (χ3v) is 5.53. The van der Waals surface area contributed by atoms with Gasteiger partial charge in [0.25, 0.3) is 0 Å². The minimum absolute atomic E-state index is 0.228. The van der Waals surface area contributed by atoms with Crippen molar-refractivity contribution in [3.63, 3.8) is 0 Å². The summed E-state index contributed by atoms with van der Waals surface area (Å²) in [5.41, 5.74) is 2.99. The minimum atomic E-state index is -1.36. The lowest BCUT2D eigenvalue weighted by Crippen LogP contribution is -2.25. The molecule has 2 N–H and O–H groups in total. The number of hydrogen-bond acceptors (Lipinski definition) is 2. The molecule has 0 aliphatic rings. The van der Waals surface area contributed by atoms with Gasteiger partial charge in [-0.1, -0.05) is 78.4 Å². The summed E-state index contributed by atoms with van der Waals surface area (Å²) in [6.45, 7) is 2.00. The molecule has 0 aliphatic carbocycles. The largest absolute Gasteiger partial charge is 0.388 e. The van der Waals surface area contributed by atoms with E-state index < -0.39 is 17.1 Å². The molecule has 0 saturated heterocycles. The third kappa shape index (κ3) is 4.88. The van der Waals surface area contributed by atoms with Crippen molar-refractivity contribution < 1.29 is 9.32 Å². The molecule has 0 unspecified atom stereocenters. The molecule has 0 aliphatic heterocycles. The van der Waals surface area contributed by atoms with Gasteiger partial charge in [0, 0.05) is 6.04 Å². The van der Waals surface area contributed by atoms with E-state index in [0.717, 1.165) is 21.6 Å². The van der Waals surface area contributed by atoms with Gasteiger partial charge in [0.2, 0.25) is 0 Å². The van der Waals surface area contributed by atoms with Gasteiger partial charge in [-0.2, -0.15) is 0 Å². The van der Waals surface area contributed by atoms with Crippen LogP contribution in [-0.4, -0.2) is 9.32 Å². The molecule has 0 amide bonds. The highest BCUT2D eigenvalue weighted by Gasteiger charge is 2.20. The average Bonchev–Trinajstić information content (AvgIpc) is 2.69. The molecule has 134 valence electrons. The molecule has 3 rings (SSSR count). The maximum absolute atomic E-state index is 12.8. The van der Waals surface area contributed by atoms with Crippen LogP contribution in [0, 0.1) is 6.92 Å². The van der Waals surface area contributed by atoms with Crippen LogP contribution in [-0.2, 0) is 11.0 Å². The predicted molar refractivity (Wildman–Crippen MR) is 106 cm³/mol. The minimum Gasteiger partial charge on any atom is -0.388 e. The molecule has 0 heterocycles. The third-order valence-electron chi connectivity index (χ3n) is 4.33. The normalized spacial score (nSPS) is 14.5. The molecule has 4 heteroatoms. The molecule has 0 radical (unpaired) electrons. The van der Waals surface area contributed by atoms with Gasteiger partial charge in [0.1, 0.15) is 11.0 Å². The van der Waals surface area contributed by atoms with Crippen LogP contribution < -0.4 is 4.72 Å². The van der Waals surface area contributed by atoms with Crippen molar-refractivity contribution in [1.82, 2.24) is 4.72 Å². The van der Waals surface area contributed by atoms with Gasteiger partial charge < -0.3 is 5.11 Å². The van der Waals surface area contributed by atoms with Gasteiger partial charge >= 0.3 is 0 Å². The monoisotopic (exact) mass is 365 g/mol. The summed E-state index contributed by atoms with van der Waals surface area (Å²) < 4.78 is 16.0. The van der Waals surface area contributed by atoms with E-state index in [1.165, 1.54) is 0 Å². The lowest BCUT2D eigenvalue weighted by molar-refractivity contribution is 0.156. The van der Waals surface area contributed by atoms with E-state index >= 15 is 0 Å². The number of hydrogen-bond donors (Lipinski definition) is 2. The summed E-state index contributed by atoms with van der Waals surface area (Å²) >= 11 is 0. The summed E-state index contributed by atoms with van der Waals surface area (Å²) in [4.78, 5) is 0.728. The van der Waals surface area contributed by atoms with Crippen molar-refractivity contribution in [3.8, 4) is 0 Å². The SMILES string of the molecule is Cc1ccc([S@](=O)N[C@H](C[C@@H](O)c2ccccc2)c2ccccc2)cc1. The number of rotatable bonds is 7. The number of nitrogens with one attached hydrogen (secondary N) is 1. The summed E-state index contributed by atoms with van der Waals surface area (Å²) in [6, 6.07) is 26.8. The van der Waals surface area contributed by atoms with Crippen molar-refractivity contribution in [2.45, 2.75) is 30.4 Å². The van der Waals surface area contributed by atoms with Gasteiger partial charge in [-0.25, -0.2) is 8.93 Å². The number of benzene rings is 3. The zero-order chi connectivity index (χ0) is 18.4. The van der Waals surface area contributed by atoms with E-state index in [-0.39, 0.29) is 6.04 Å². The van der Waals surface area contributed by atoms with Crippen molar-refractivity contribution >= 4 is 11.0 Å². The number of aliphatic hydroxyl groups excluding tert-OH is 1. The van der Waals surface area contributed by atoms with Crippen molar-refractivity contribution in [1.29, 1.82) is 0 Å². The maximum atomic E-state index is 12.8. The smallest absolute Gasteiger partial charge is 0.125 e. The molecule has 0 aromatic heterocycles. The summed E-state index contributed by atoms with van der Waals surface area (Å²) in [5, 5.41) is 10.6. The number of aryl methyl sites for hydroxylation is 1. The Hall–Kier alpha value is -2.27. The maximum Gasteiger partial charge on any atom is 0.125 e. The summed E-state index contributed by atoms with van der Waals surface area (Å²) in [7, 11) is -1.36. The highest BCUT2D eigenvalue weighted by molar-refractivity contribution is 7.83. The quantitative estimate of drug-likeness (QED) is 0.649. The zero-order valence-electron chi connectivity index (χ0n) is 14.7. The Morgan fingerprint density at radius 3 is 1.96 bits per heavy atom. The van der Waals surface area contributed by atoms with Crippen LogP contribution in [0.3, 0.4) is 0 Å². The van der Waals surface area contributed by atoms with Crippen LogP contribution in [0.2, 0.25) is 0 Å². The van der Waals surface area contributed by atoms with Gasteiger partial charge in [0.05, 0.1) is 11.0 Å². The van der Waals surface area contributed by atoms with Crippen LogP contribution in [0.1, 0.15) is 35.3 Å². The van der Waals surface area contributed by atoms with Crippen LogP contribution in [0.25, 0.3) is 0 Å². The molecule has 0 spiro atoms. The first kappa shape index (κ1) is 18.5. The Morgan fingerprint density at radius 2 is 1.38 bits per heavy atom. The Kier molecular flexibility index (Phi) is 6.34. The molecular formula is C22H23NO2S. The molecular weight excluding hydrogens is 342 g/mol. The fourth-order valence-corrected chi connectivity index (χ4v) is 3.84. The topological polar surface area (TPSA) is 49.3 Å². The van der Waals surface area contributed by atoms with E-state index in [0.29, 0.717) is 6.42 Å². The molecule has 0 bridgehead atoms.